The number of carboxylic acid groups (broad SMARTS) is 1. The predicted octanol–water partition coefficient (Wildman–Crippen LogP) is 1.71. The minimum absolute atomic E-state index is 0.118. The molecule has 144 valence electrons. The minimum atomic E-state index is -0.853. The molecule has 2 N–H and O–H groups in total. The van der Waals surface area contributed by atoms with Crippen LogP contribution in [-0.2, 0) is 22.7 Å². The van der Waals surface area contributed by atoms with Gasteiger partial charge in [0.25, 0.3) is 0 Å². The molecule has 7 heteroatoms. The van der Waals surface area contributed by atoms with Crippen molar-refractivity contribution in [3.05, 3.63) is 52.8 Å². The van der Waals surface area contributed by atoms with Crippen LogP contribution < -0.4 is 5.32 Å². The molecule has 0 spiro atoms. The van der Waals surface area contributed by atoms with Gasteiger partial charge in [-0.3, -0.25) is 19.2 Å². The van der Waals surface area contributed by atoms with E-state index in [0.717, 1.165) is 23.4 Å². The summed E-state index contributed by atoms with van der Waals surface area (Å²) >= 11 is 0. The fourth-order valence-corrected chi connectivity index (χ4v) is 3.62. The summed E-state index contributed by atoms with van der Waals surface area (Å²) in [7, 11) is 0. The summed E-state index contributed by atoms with van der Waals surface area (Å²) in [6.45, 7) is 5.80. The van der Waals surface area contributed by atoms with Crippen LogP contribution >= 0.6 is 0 Å². The Morgan fingerprint density at radius 3 is 2.70 bits per heavy atom. The molecule has 27 heavy (non-hydrogen) atoms. The van der Waals surface area contributed by atoms with E-state index in [1.165, 1.54) is 5.56 Å². The largest absolute Gasteiger partial charge is 0.480 e. The van der Waals surface area contributed by atoms with Crippen molar-refractivity contribution in [2.75, 3.05) is 13.1 Å². The summed E-state index contributed by atoms with van der Waals surface area (Å²) in [5.41, 5.74) is 4.11. The minimum Gasteiger partial charge on any atom is -0.480 e. The molecule has 1 aliphatic rings. The smallest absolute Gasteiger partial charge is 0.320 e. The lowest BCUT2D eigenvalue weighted by molar-refractivity contribution is -0.142. The Morgan fingerprint density at radius 2 is 2.00 bits per heavy atom. The zero-order chi connectivity index (χ0) is 19.4. The lowest BCUT2D eigenvalue weighted by Crippen LogP contribution is -2.42. The molecule has 1 unspecified atom stereocenters. The number of hydrogen-bond donors (Lipinski definition) is 2. The van der Waals surface area contributed by atoms with Crippen LogP contribution in [0.4, 0.5) is 0 Å². The Morgan fingerprint density at radius 1 is 1.26 bits per heavy atom. The number of rotatable bonds is 7. The van der Waals surface area contributed by atoms with Crippen molar-refractivity contribution in [2.24, 2.45) is 0 Å². The van der Waals surface area contributed by atoms with Crippen LogP contribution in [0.5, 0.6) is 0 Å². The second-order valence-electron chi connectivity index (χ2n) is 7.04. The van der Waals surface area contributed by atoms with Gasteiger partial charge in [-0.15, -0.1) is 0 Å². The number of aromatic nitrogens is 2. The second-order valence-corrected chi connectivity index (χ2v) is 7.04. The lowest BCUT2D eigenvalue weighted by Gasteiger charge is -2.20. The number of aliphatic carboxylic acids is 1. The second kappa shape index (κ2) is 8.35. The molecule has 1 aromatic heterocycles. The maximum absolute atomic E-state index is 12.3. The first-order valence-corrected chi connectivity index (χ1v) is 9.26. The van der Waals surface area contributed by atoms with Crippen molar-refractivity contribution < 1.29 is 14.7 Å². The highest BCUT2D eigenvalue weighted by Gasteiger charge is 2.31. The SMILES string of the molecule is Cc1nn(Cc2ccccc2)c(C)c1CNC(=O)CN1CCCC1C(=O)O. The number of carbonyl (C=O) groups is 2. The van der Waals surface area contributed by atoms with E-state index < -0.39 is 12.0 Å². The van der Waals surface area contributed by atoms with Gasteiger partial charge in [0.15, 0.2) is 0 Å². The predicted molar refractivity (Wildman–Crippen MR) is 101 cm³/mol. The summed E-state index contributed by atoms with van der Waals surface area (Å²) in [5, 5.41) is 16.7. The van der Waals surface area contributed by atoms with Crippen LogP contribution in [0.1, 0.15) is 35.4 Å². The molecule has 1 fully saturated rings. The highest BCUT2D eigenvalue weighted by molar-refractivity contribution is 5.80. The van der Waals surface area contributed by atoms with Crippen LogP contribution in [0, 0.1) is 13.8 Å². The zero-order valence-corrected chi connectivity index (χ0v) is 15.8. The maximum atomic E-state index is 12.3. The van der Waals surface area contributed by atoms with Crippen molar-refractivity contribution in [1.29, 1.82) is 0 Å². The topological polar surface area (TPSA) is 87.5 Å². The molecule has 7 nitrogen and oxygen atoms in total. The number of likely N-dealkylation sites (tertiary alicyclic amines) is 1. The van der Waals surface area contributed by atoms with Crippen molar-refractivity contribution in [3.63, 3.8) is 0 Å². The van der Waals surface area contributed by atoms with Crippen molar-refractivity contribution in [3.8, 4) is 0 Å². The Kier molecular flexibility index (Phi) is 5.91. The number of hydrogen-bond acceptors (Lipinski definition) is 4. The Balaban J connectivity index is 1.59. The number of amides is 1. The monoisotopic (exact) mass is 370 g/mol. The van der Waals surface area contributed by atoms with Gasteiger partial charge < -0.3 is 10.4 Å². The molecule has 2 aromatic rings. The molecule has 0 radical (unpaired) electrons. The van der Waals surface area contributed by atoms with E-state index in [0.29, 0.717) is 26.1 Å². The highest BCUT2D eigenvalue weighted by Crippen LogP contribution is 2.17. The Labute approximate surface area is 159 Å². The van der Waals surface area contributed by atoms with E-state index >= 15 is 0 Å². The van der Waals surface area contributed by atoms with Crippen molar-refractivity contribution in [1.82, 2.24) is 20.0 Å². The standard InChI is InChI=1S/C20H26N4O3/c1-14-17(15(2)24(22-14)12-16-7-4-3-5-8-16)11-21-19(25)13-23-10-6-9-18(23)20(26)27/h3-5,7-8,18H,6,9-13H2,1-2H3,(H,21,25)(H,26,27). The summed E-state index contributed by atoms with van der Waals surface area (Å²) in [4.78, 5) is 25.3. The quantitative estimate of drug-likeness (QED) is 0.775. The van der Waals surface area contributed by atoms with Crippen LogP contribution in [0.2, 0.25) is 0 Å². The lowest BCUT2D eigenvalue weighted by atomic mass is 10.2. The third-order valence-corrected chi connectivity index (χ3v) is 5.16. The fourth-order valence-electron chi connectivity index (χ4n) is 3.62. The molecule has 0 saturated carbocycles. The molecule has 3 rings (SSSR count). The first-order chi connectivity index (χ1) is 13.0. The van der Waals surface area contributed by atoms with Gasteiger partial charge >= 0.3 is 5.97 Å². The van der Waals surface area contributed by atoms with Gasteiger partial charge in [0.1, 0.15) is 6.04 Å². The van der Waals surface area contributed by atoms with E-state index in [1.807, 2.05) is 36.7 Å². The summed E-state index contributed by atoms with van der Waals surface area (Å²) in [6.07, 6.45) is 1.42. The first-order valence-electron chi connectivity index (χ1n) is 9.26. The first kappa shape index (κ1) is 19.1. The summed E-state index contributed by atoms with van der Waals surface area (Å²) < 4.78 is 1.95. The number of benzene rings is 1. The average Bonchev–Trinajstić information content (AvgIpc) is 3.19. The summed E-state index contributed by atoms with van der Waals surface area (Å²) in [5.74, 6) is -1.01. The molecule has 0 aliphatic carbocycles. The normalized spacial score (nSPS) is 17.2. The molecule has 1 saturated heterocycles. The van der Waals surface area contributed by atoms with E-state index in [1.54, 1.807) is 4.90 Å². The van der Waals surface area contributed by atoms with Crippen molar-refractivity contribution >= 4 is 11.9 Å². The third kappa shape index (κ3) is 4.54. The van der Waals surface area contributed by atoms with Gasteiger partial charge in [-0.1, -0.05) is 30.3 Å². The van der Waals surface area contributed by atoms with Crippen LogP contribution in [0.3, 0.4) is 0 Å². The van der Waals surface area contributed by atoms with E-state index in [4.69, 9.17) is 0 Å². The molecule has 0 bridgehead atoms. The van der Waals surface area contributed by atoms with E-state index in [9.17, 15) is 14.7 Å². The fraction of sp³-hybridized carbons (Fsp3) is 0.450. The number of nitrogens with one attached hydrogen (secondary N) is 1. The van der Waals surface area contributed by atoms with Crippen LogP contribution in [0.15, 0.2) is 30.3 Å². The van der Waals surface area contributed by atoms with Crippen molar-refractivity contribution in [2.45, 2.75) is 45.8 Å². The third-order valence-electron chi connectivity index (χ3n) is 5.16. The van der Waals surface area contributed by atoms with E-state index in [2.05, 4.69) is 22.5 Å². The molecule has 1 atom stereocenters. The molecule has 1 aliphatic heterocycles. The molecular formula is C20H26N4O3. The van der Waals surface area contributed by atoms with Crippen LogP contribution in [0.25, 0.3) is 0 Å². The molecule has 2 heterocycles. The summed E-state index contributed by atoms with van der Waals surface area (Å²) in [6, 6.07) is 9.57. The van der Waals surface area contributed by atoms with Gasteiger partial charge in [-0.2, -0.15) is 5.10 Å². The molecule has 1 amide bonds. The van der Waals surface area contributed by atoms with Gasteiger partial charge in [0.2, 0.25) is 5.91 Å². The number of carbonyl (C=O) groups excluding carboxylic acids is 1. The Bertz CT molecular complexity index is 816. The maximum Gasteiger partial charge on any atom is 0.320 e. The van der Waals surface area contributed by atoms with E-state index in [-0.39, 0.29) is 12.5 Å². The molecule has 1 aromatic carbocycles. The zero-order valence-electron chi connectivity index (χ0n) is 15.8. The number of carboxylic acids is 1. The molecular weight excluding hydrogens is 344 g/mol. The van der Waals surface area contributed by atoms with Gasteiger partial charge in [-0.05, 0) is 38.8 Å². The van der Waals surface area contributed by atoms with Crippen LogP contribution in [-0.4, -0.2) is 50.8 Å². The number of nitrogens with zero attached hydrogens (tertiary/aromatic N) is 3. The highest BCUT2D eigenvalue weighted by atomic mass is 16.4. The van der Waals surface area contributed by atoms with Gasteiger partial charge in [0, 0.05) is 17.8 Å². The Hall–Kier alpha value is -2.67. The van der Waals surface area contributed by atoms with Gasteiger partial charge in [-0.25, -0.2) is 0 Å². The number of aryl methyl sites for hydroxylation is 1. The average molecular weight is 370 g/mol. The van der Waals surface area contributed by atoms with Gasteiger partial charge in [0.05, 0.1) is 18.8 Å².